The number of amides is 5. The van der Waals surface area contributed by atoms with Crippen molar-refractivity contribution in [2.24, 2.45) is 5.73 Å². The molecule has 5 amide bonds. The molecule has 0 bridgehead atoms. The van der Waals surface area contributed by atoms with Crippen molar-refractivity contribution in [1.29, 1.82) is 0 Å². The van der Waals surface area contributed by atoms with Crippen molar-refractivity contribution in [3.63, 3.8) is 0 Å². The van der Waals surface area contributed by atoms with E-state index >= 15 is 0 Å². The van der Waals surface area contributed by atoms with Gasteiger partial charge in [-0.25, -0.2) is 4.79 Å². The SMILES string of the molecule is NC(=O)C[C@H](NC(=O)CNC(=O)CNC(=O)[C@@H]1CCCN1)C(=O)N[C@@H](CCC(=O)O)C(=O)O. The Morgan fingerprint density at radius 1 is 0.939 bits per heavy atom. The number of primary amides is 1. The van der Waals surface area contributed by atoms with E-state index < -0.39 is 73.5 Å². The molecule has 3 atom stereocenters. The van der Waals surface area contributed by atoms with Crippen molar-refractivity contribution < 1.29 is 43.8 Å². The van der Waals surface area contributed by atoms with Gasteiger partial charge in [0.05, 0.1) is 25.6 Å². The first-order valence-corrected chi connectivity index (χ1v) is 10.1. The van der Waals surface area contributed by atoms with Crippen molar-refractivity contribution in [3.05, 3.63) is 0 Å². The van der Waals surface area contributed by atoms with Gasteiger partial charge in [0.15, 0.2) is 0 Å². The van der Waals surface area contributed by atoms with Crippen LogP contribution in [0.4, 0.5) is 0 Å². The first kappa shape index (κ1) is 27.3. The molecule has 0 radical (unpaired) electrons. The zero-order valence-electron chi connectivity index (χ0n) is 17.7. The maximum absolute atomic E-state index is 12.3. The van der Waals surface area contributed by atoms with Gasteiger partial charge in [-0.05, 0) is 25.8 Å². The lowest BCUT2D eigenvalue weighted by Crippen LogP contribution is -2.54. The van der Waals surface area contributed by atoms with E-state index in [1.807, 2.05) is 5.32 Å². The minimum atomic E-state index is -1.57. The summed E-state index contributed by atoms with van der Waals surface area (Å²) in [6, 6.07) is -3.50. The molecule has 15 heteroatoms. The fourth-order valence-electron chi connectivity index (χ4n) is 2.89. The topological polar surface area (TPSA) is 246 Å². The number of hydrogen-bond donors (Lipinski definition) is 8. The summed E-state index contributed by atoms with van der Waals surface area (Å²) in [4.78, 5) is 81.1. The van der Waals surface area contributed by atoms with Gasteiger partial charge >= 0.3 is 11.9 Å². The molecule has 0 aliphatic carbocycles. The van der Waals surface area contributed by atoms with Crippen LogP contribution in [0.5, 0.6) is 0 Å². The Morgan fingerprint density at radius 2 is 1.61 bits per heavy atom. The quantitative estimate of drug-likeness (QED) is 0.121. The molecule has 0 aromatic rings. The van der Waals surface area contributed by atoms with Crippen molar-refractivity contribution >= 4 is 41.5 Å². The highest BCUT2D eigenvalue weighted by Gasteiger charge is 2.28. The second-order valence-corrected chi connectivity index (χ2v) is 7.27. The summed E-state index contributed by atoms with van der Waals surface area (Å²) in [7, 11) is 0. The number of carboxylic acid groups (broad SMARTS) is 2. The van der Waals surface area contributed by atoms with E-state index in [9.17, 15) is 33.6 Å². The van der Waals surface area contributed by atoms with Gasteiger partial charge in [0.2, 0.25) is 29.5 Å². The summed E-state index contributed by atoms with van der Waals surface area (Å²) in [5.74, 6) is -6.72. The van der Waals surface area contributed by atoms with E-state index in [2.05, 4.69) is 21.3 Å². The predicted molar refractivity (Wildman–Crippen MR) is 109 cm³/mol. The average molecular weight is 472 g/mol. The molecule has 9 N–H and O–H groups in total. The lowest BCUT2D eigenvalue weighted by Gasteiger charge is -2.20. The summed E-state index contributed by atoms with van der Waals surface area (Å²) in [5.41, 5.74) is 5.06. The second kappa shape index (κ2) is 13.6. The maximum Gasteiger partial charge on any atom is 0.326 e. The Hall–Kier alpha value is -3.75. The van der Waals surface area contributed by atoms with Crippen LogP contribution in [0.3, 0.4) is 0 Å². The molecule has 184 valence electrons. The van der Waals surface area contributed by atoms with Gasteiger partial charge in [-0.3, -0.25) is 28.8 Å². The van der Waals surface area contributed by atoms with Crippen molar-refractivity contribution in [2.75, 3.05) is 19.6 Å². The van der Waals surface area contributed by atoms with E-state index in [-0.39, 0.29) is 18.5 Å². The van der Waals surface area contributed by atoms with E-state index in [0.29, 0.717) is 13.0 Å². The Bertz CT molecular complexity index is 781. The van der Waals surface area contributed by atoms with Crippen LogP contribution in [-0.2, 0) is 33.6 Å². The Morgan fingerprint density at radius 3 is 2.15 bits per heavy atom. The molecular formula is C18H28N6O9. The highest BCUT2D eigenvalue weighted by molar-refractivity contribution is 5.95. The normalized spacial score (nSPS) is 16.7. The minimum Gasteiger partial charge on any atom is -0.481 e. The Labute approximate surface area is 188 Å². The first-order chi connectivity index (χ1) is 15.5. The summed E-state index contributed by atoms with van der Waals surface area (Å²) in [6.07, 6.45) is -0.133. The van der Waals surface area contributed by atoms with Gasteiger partial charge < -0.3 is 42.5 Å². The third-order valence-corrected chi connectivity index (χ3v) is 4.56. The number of hydrogen-bond acceptors (Lipinski definition) is 8. The van der Waals surface area contributed by atoms with Crippen LogP contribution >= 0.6 is 0 Å². The molecule has 0 aromatic heterocycles. The van der Waals surface area contributed by atoms with E-state index in [4.69, 9.17) is 15.9 Å². The van der Waals surface area contributed by atoms with Gasteiger partial charge in [0, 0.05) is 6.42 Å². The zero-order valence-corrected chi connectivity index (χ0v) is 17.7. The molecule has 15 nitrogen and oxygen atoms in total. The summed E-state index contributed by atoms with van der Waals surface area (Å²) >= 11 is 0. The molecule has 0 unspecified atom stereocenters. The van der Waals surface area contributed by atoms with Crippen LogP contribution in [0, 0.1) is 0 Å². The maximum atomic E-state index is 12.3. The highest BCUT2D eigenvalue weighted by atomic mass is 16.4. The molecule has 1 rings (SSSR count). The Kier molecular flexibility index (Phi) is 11.3. The molecule has 1 fully saturated rings. The van der Waals surface area contributed by atoms with Crippen LogP contribution < -0.4 is 32.3 Å². The molecule has 0 aromatic carbocycles. The molecule has 1 saturated heterocycles. The standard InChI is InChI=1S/C18H28N6O9/c19-12(25)6-11(17(31)24-10(18(32)33)3-4-15(28)29)23-14(27)8-21-13(26)7-22-16(30)9-2-1-5-20-9/h9-11,20H,1-8H2,(H2,19,25)(H,21,26)(H,22,30)(H,23,27)(H,24,31)(H,28,29)(H,32,33)/t9-,10-,11-/m0/s1. The largest absolute Gasteiger partial charge is 0.481 e. The number of carbonyl (C=O) groups excluding carboxylic acids is 5. The third-order valence-electron chi connectivity index (χ3n) is 4.56. The van der Waals surface area contributed by atoms with Crippen molar-refractivity contribution in [2.45, 2.75) is 50.2 Å². The smallest absolute Gasteiger partial charge is 0.326 e. The predicted octanol–water partition coefficient (Wildman–Crippen LogP) is -4.23. The van der Waals surface area contributed by atoms with Gasteiger partial charge in [0.1, 0.15) is 12.1 Å². The van der Waals surface area contributed by atoms with Gasteiger partial charge in [-0.15, -0.1) is 0 Å². The number of nitrogens with one attached hydrogen (secondary N) is 5. The van der Waals surface area contributed by atoms with Crippen LogP contribution in [0.25, 0.3) is 0 Å². The fraction of sp³-hybridized carbons (Fsp3) is 0.611. The monoisotopic (exact) mass is 472 g/mol. The van der Waals surface area contributed by atoms with Crippen LogP contribution in [-0.4, -0.2) is 89.4 Å². The van der Waals surface area contributed by atoms with E-state index in [1.54, 1.807) is 0 Å². The number of carboxylic acids is 2. The second-order valence-electron chi connectivity index (χ2n) is 7.27. The van der Waals surface area contributed by atoms with Gasteiger partial charge in [-0.1, -0.05) is 0 Å². The summed E-state index contributed by atoms with van der Waals surface area (Å²) in [6.45, 7) is -0.267. The molecule has 0 spiro atoms. The van der Waals surface area contributed by atoms with E-state index in [1.165, 1.54) is 0 Å². The molecule has 0 saturated carbocycles. The number of carbonyl (C=O) groups is 7. The Balaban J connectivity index is 2.54. The van der Waals surface area contributed by atoms with Gasteiger partial charge in [0.25, 0.3) is 0 Å². The third kappa shape index (κ3) is 10.9. The molecule has 1 aliphatic heterocycles. The van der Waals surface area contributed by atoms with Gasteiger partial charge in [-0.2, -0.15) is 0 Å². The zero-order chi connectivity index (χ0) is 25.0. The fourth-order valence-corrected chi connectivity index (χ4v) is 2.89. The summed E-state index contributed by atoms with van der Waals surface area (Å²) in [5, 5.41) is 29.6. The van der Waals surface area contributed by atoms with E-state index in [0.717, 1.165) is 6.42 Å². The highest BCUT2D eigenvalue weighted by Crippen LogP contribution is 2.04. The summed E-state index contributed by atoms with van der Waals surface area (Å²) < 4.78 is 0. The van der Waals surface area contributed by atoms with Crippen LogP contribution in [0.15, 0.2) is 0 Å². The molecule has 1 aliphatic rings. The number of rotatable bonds is 14. The average Bonchev–Trinajstić information content (AvgIpc) is 3.27. The van der Waals surface area contributed by atoms with Crippen molar-refractivity contribution in [1.82, 2.24) is 26.6 Å². The first-order valence-electron chi connectivity index (χ1n) is 10.1. The molecule has 1 heterocycles. The number of nitrogens with two attached hydrogens (primary N) is 1. The lowest BCUT2D eigenvalue weighted by atomic mass is 10.1. The number of aliphatic carboxylic acids is 2. The minimum absolute atomic E-state index is 0.346. The lowest BCUT2D eigenvalue weighted by molar-refractivity contribution is -0.143. The molecular weight excluding hydrogens is 444 g/mol. The van der Waals surface area contributed by atoms with Crippen LogP contribution in [0.1, 0.15) is 32.1 Å². The van der Waals surface area contributed by atoms with Crippen LogP contribution in [0.2, 0.25) is 0 Å². The molecule has 33 heavy (non-hydrogen) atoms. The van der Waals surface area contributed by atoms with Crippen molar-refractivity contribution in [3.8, 4) is 0 Å².